The average Bonchev–Trinajstić information content (AvgIpc) is 1.60. The second-order valence-electron chi connectivity index (χ2n) is 37.6. The van der Waals surface area contributed by atoms with Crippen LogP contribution in [0.2, 0.25) is 0 Å². The molecule has 0 bridgehead atoms. The van der Waals surface area contributed by atoms with Gasteiger partial charge in [-0.2, -0.15) is 0 Å². The smallest absolute Gasteiger partial charge is 0.0358 e. The van der Waals surface area contributed by atoms with Gasteiger partial charge in [-0.3, -0.25) is 0 Å². The molecule has 12 rings (SSSR count). The molecular formula is C136H196S8. The minimum Gasteiger partial charge on any atom is -0.141 e. The van der Waals surface area contributed by atoms with Crippen LogP contribution in [-0.2, 0) is 38.5 Å². The molecule has 4 aromatic carbocycles. The number of unbranched alkanes of at least 4 members (excludes halogenated alkanes) is 30. The molecule has 144 heavy (non-hydrogen) atoms. The fourth-order valence-corrected chi connectivity index (χ4v) is 25.1. The fourth-order valence-electron chi connectivity index (χ4n) is 17.8. The van der Waals surface area contributed by atoms with Crippen LogP contribution in [0, 0.1) is 198 Å². The molecule has 0 amide bonds. The summed E-state index contributed by atoms with van der Waals surface area (Å²) in [4.78, 5) is 21.7. The van der Waals surface area contributed by atoms with Crippen molar-refractivity contribution in [1.82, 2.24) is 0 Å². The highest BCUT2D eigenvalue weighted by molar-refractivity contribution is 7.17. The Morgan fingerprint density at radius 3 is 0.479 bits per heavy atom. The zero-order chi connectivity index (χ0) is 102. The summed E-state index contributed by atoms with van der Waals surface area (Å²) in [5, 5.41) is 0. The lowest BCUT2D eigenvalue weighted by atomic mass is 9.91. The molecular weight excluding hydrogens is 1890 g/mol. The Kier molecular flexibility index (Phi) is 56.2. The van der Waals surface area contributed by atoms with E-state index in [0.29, 0.717) is 0 Å². The molecule has 0 N–H and O–H groups in total. The van der Waals surface area contributed by atoms with Crippen molar-refractivity contribution in [2.45, 2.75) is 367 Å². The summed E-state index contributed by atoms with van der Waals surface area (Å²) >= 11 is 15.1. The normalized spacial score (nSPS) is 10.2. The topological polar surface area (TPSA) is 0 Å². The Balaban J connectivity index is -0.000000149. The molecule has 788 valence electrons. The van der Waals surface area contributed by atoms with Crippen LogP contribution >= 0.6 is 90.7 Å². The van der Waals surface area contributed by atoms with E-state index in [1.54, 1.807) is 56.1 Å². The third kappa shape index (κ3) is 42.3. The Bertz CT molecular complexity index is 6450. The van der Waals surface area contributed by atoms with Crippen LogP contribution in [0.3, 0.4) is 0 Å². The van der Waals surface area contributed by atoms with Gasteiger partial charge in [0, 0.05) is 132 Å². The molecule has 8 heterocycles. The van der Waals surface area contributed by atoms with E-state index < -0.39 is 0 Å². The summed E-state index contributed by atoms with van der Waals surface area (Å²) in [6, 6.07) is 55.7. The van der Waals surface area contributed by atoms with E-state index >= 15 is 0 Å². The highest BCUT2D eigenvalue weighted by Gasteiger charge is 2.22. The summed E-state index contributed by atoms with van der Waals surface area (Å²) in [7, 11) is 0. The van der Waals surface area contributed by atoms with Gasteiger partial charge < -0.3 is 0 Å². The predicted molar refractivity (Wildman–Crippen MR) is 693 cm³/mol. The molecule has 0 saturated carbocycles. The maximum atomic E-state index is 5.04. The summed E-state index contributed by atoms with van der Waals surface area (Å²) in [5.74, 6) is 57.9. The molecule has 0 spiro atoms. The first-order valence-corrected chi connectivity index (χ1v) is 60.1. The van der Waals surface area contributed by atoms with Gasteiger partial charge in [0.25, 0.3) is 0 Å². The van der Waals surface area contributed by atoms with Gasteiger partial charge in [-0.15, -0.1) is 104 Å². The lowest BCUT2D eigenvalue weighted by molar-refractivity contribution is 0.575. The van der Waals surface area contributed by atoms with E-state index in [4.69, 9.17) is 12.8 Å². The van der Waals surface area contributed by atoms with Crippen molar-refractivity contribution in [1.29, 1.82) is 0 Å². The highest BCUT2D eigenvalue weighted by Crippen LogP contribution is 2.45. The molecule has 0 aliphatic heterocycles. The van der Waals surface area contributed by atoms with E-state index in [2.05, 4.69) is 373 Å². The van der Waals surface area contributed by atoms with Crippen molar-refractivity contribution in [3.63, 3.8) is 0 Å². The zero-order valence-electron chi connectivity index (χ0n) is 89.0. The van der Waals surface area contributed by atoms with Crippen LogP contribution < -0.4 is 0 Å². The van der Waals surface area contributed by atoms with Crippen LogP contribution in [0.15, 0.2) is 146 Å². The summed E-state index contributed by atoms with van der Waals surface area (Å²) < 4.78 is 0. The van der Waals surface area contributed by atoms with Crippen LogP contribution in [-0.4, -0.2) is 0 Å². The van der Waals surface area contributed by atoms with Gasteiger partial charge in [0.1, 0.15) is 0 Å². The van der Waals surface area contributed by atoms with Crippen molar-refractivity contribution in [2.75, 3.05) is 0 Å². The summed E-state index contributed by atoms with van der Waals surface area (Å²) in [6.45, 7) is 31.4. The lowest BCUT2D eigenvalue weighted by Gasteiger charge is -2.16. The van der Waals surface area contributed by atoms with Gasteiger partial charge in [0.15, 0.2) is 0 Å². The molecule has 8 heteroatoms. The van der Waals surface area contributed by atoms with E-state index in [-0.39, 0.29) is 31.4 Å². The van der Waals surface area contributed by atoms with Gasteiger partial charge in [-0.25, -0.2) is 0 Å². The fraction of sp³-hybridized carbons (Fsp3) is 0.412. The molecule has 0 unspecified atom stereocenters. The molecule has 0 atom stereocenters. The Labute approximate surface area is 937 Å². The SMILES string of the molecule is C#CC#CC#CC#CC#CC#Cc1cc(-c2ccc(C)s2)c(C#CC#CC#CC#CC#CC#C)cc1-c1ccc(C)s1.CCCCCCCCCCc1cc(-c2ccc(C)s2)c(CCCCCCCCCC)cc1-c1ccc(C)s1.CCCCCCCCc1cc(-c2ccc(C)s2)c(CCCCCCCC)cc1-c1ccc(C)s1.CCCCCCc1cc(-c2ccc(C)s2)c(CCCCCC)cc1-c1ccc(C)s1.[HH].[HH].[HH].[HH].[HH].[HH].[HH].[HH].[HH].[HH].[HH].[HH].[HH].[HH].[HH].[HH].[HH].[HH].[HH].[HH].[HH].[HH]. The number of rotatable bonds is 50. The van der Waals surface area contributed by atoms with Gasteiger partial charge in [-0.05, 0) is 463 Å². The molecule has 12 aromatic rings. The first-order valence-electron chi connectivity index (χ1n) is 53.6. The zero-order valence-corrected chi connectivity index (χ0v) is 95.5. The van der Waals surface area contributed by atoms with Crippen molar-refractivity contribution < 1.29 is 31.4 Å². The molecule has 0 fully saturated rings. The molecule has 0 aliphatic carbocycles. The third-order valence-electron chi connectivity index (χ3n) is 25.5. The second kappa shape index (κ2) is 69.3. The number of thiophene rings is 8. The number of hydrogen-bond donors (Lipinski definition) is 0. The maximum absolute atomic E-state index is 5.04. The first kappa shape index (κ1) is 117. The van der Waals surface area contributed by atoms with Crippen LogP contribution in [0.25, 0.3) is 83.5 Å². The molecule has 8 aromatic heterocycles. The van der Waals surface area contributed by atoms with E-state index in [0.717, 1.165) is 32.0 Å². The molecule has 0 radical (unpaired) electrons. The number of benzene rings is 4. The second-order valence-corrected chi connectivity index (χ2v) is 47.9. The Morgan fingerprint density at radius 1 is 0.174 bits per heavy atom. The number of terminal acetylenes is 2. The van der Waals surface area contributed by atoms with Gasteiger partial charge in [-0.1, -0.05) is 246 Å². The van der Waals surface area contributed by atoms with Crippen molar-refractivity contribution >= 4 is 90.7 Å². The predicted octanol–water partition coefficient (Wildman–Crippen LogP) is 45.9. The van der Waals surface area contributed by atoms with Gasteiger partial charge in [0.05, 0.1) is 0 Å². The van der Waals surface area contributed by atoms with Crippen molar-refractivity contribution in [3.05, 3.63) is 229 Å². The van der Waals surface area contributed by atoms with E-state index in [9.17, 15) is 0 Å². The van der Waals surface area contributed by atoms with Gasteiger partial charge >= 0.3 is 0 Å². The third-order valence-corrected chi connectivity index (χ3v) is 33.8. The van der Waals surface area contributed by atoms with Crippen LogP contribution in [0.5, 0.6) is 0 Å². The number of aryl methyl sites for hydroxylation is 14. The highest BCUT2D eigenvalue weighted by atomic mass is 32.1. The molecule has 0 aliphatic rings. The Morgan fingerprint density at radius 2 is 0.319 bits per heavy atom. The first-order chi connectivity index (χ1) is 70.5. The minimum absolute atomic E-state index is 0. The summed E-state index contributed by atoms with van der Waals surface area (Å²) in [6.07, 6.45) is 66.3. The molecule has 0 nitrogen and oxygen atoms in total. The maximum Gasteiger partial charge on any atom is 0.0358 e. The molecule has 0 saturated heterocycles. The van der Waals surface area contributed by atoms with Crippen LogP contribution in [0.4, 0.5) is 0 Å². The summed E-state index contributed by atoms with van der Waals surface area (Å²) in [5.41, 5.74) is 22.0. The lowest BCUT2D eigenvalue weighted by Crippen LogP contribution is -1.97. The largest absolute Gasteiger partial charge is 0.141 e. The van der Waals surface area contributed by atoms with E-state index in [1.165, 1.54) is 371 Å². The van der Waals surface area contributed by atoms with Crippen LogP contribution in [0.1, 0.15) is 388 Å². The van der Waals surface area contributed by atoms with Crippen molar-refractivity contribution in [2.24, 2.45) is 0 Å². The minimum atomic E-state index is 0. The van der Waals surface area contributed by atoms with Gasteiger partial charge in [0.2, 0.25) is 0 Å². The monoisotopic (exact) mass is 2090 g/mol. The van der Waals surface area contributed by atoms with E-state index in [1.807, 2.05) is 68.0 Å². The quantitative estimate of drug-likeness (QED) is 0.0263. The standard InChI is InChI=1S/C40H14S2.C36H54S2.C32H46S2.C28H38S2.22H2/c1-5-7-9-11-13-15-17-19-21-23-25-35-31-38(40-30-28-34(4)42-40)36(32-37(35)39-29-27-33(3)41-39)26-24-22-20-18-16-14-12-10-8-6-2;1-5-7-9-11-13-15-17-19-21-31-27-34(36-26-24-30(4)38-36)32(22-20-18-16-14-12-10-8-6-2)28-33(31)35-25-23-29(3)37-35;1-5-7-9-11-13-15-17-27-23-30(32-22-20-26(4)34-32)28(18-16-14-12-10-8-6-2)24-29(27)31-21-19-25(3)33-31;1-5-7-9-11-13-23-19-26(28-18-16-22(4)30-28)24(14-12-10-8-6-2)20-25(23)27-17-15-21(3)29-27;;;;;;;;;;;;;;;;;;;;;;/h1-2,27-32H,3-4H3;23-28H,5-22H2,1-4H3;19-24H,5-18H2,1-4H3;15-20H,5-14H2,1-4H3;22*1H. The Hall–Kier alpha value is -10.8. The number of hydrogen-bond acceptors (Lipinski definition) is 8. The van der Waals surface area contributed by atoms with Crippen molar-refractivity contribution in [3.8, 4) is 227 Å². The average molecular weight is 2090 g/mol.